The molecule has 5 heteroatoms. The van der Waals surface area contributed by atoms with E-state index in [1.165, 1.54) is 11.8 Å². The highest BCUT2D eigenvalue weighted by atomic mass is 32.2. The van der Waals surface area contributed by atoms with Gasteiger partial charge < -0.3 is 14.5 Å². The van der Waals surface area contributed by atoms with Crippen LogP contribution in [0.5, 0.6) is 5.75 Å². The summed E-state index contributed by atoms with van der Waals surface area (Å²) in [6.45, 7) is 0. The zero-order valence-electron chi connectivity index (χ0n) is 8.18. The number of aromatic hydroxyl groups is 1. The van der Waals surface area contributed by atoms with Crippen LogP contribution in [0.1, 0.15) is 0 Å². The van der Waals surface area contributed by atoms with Gasteiger partial charge in [0.1, 0.15) is 5.75 Å². The number of phenolic OH excluding ortho intramolecular Hbond substituents is 1. The lowest BCUT2D eigenvalue weighted by molar-refractivity contribution is 0.474. The molecule has 3 aromatic rings. The largest absolute Gasteiger partial charge is 0.508 e. The van der Waals surface area contributed by atoms with Gasteiger partial charge in [-0.3, -0.25) is 0 Å². The van der Waals surface area contributed by atoms with E-state index < -0.39 is 0 Å². The number of aromatic nitrogens is 2. The van der Waals surface area contributed by atoms with Crippen LogP contribution in [0.15, 0.2) is 51.3 Å². The molecule has 0 aliphatic rings. The number of nitrogens with zero attached hydrogens (tertiary/aromatic N) is 1. The first-order chi connectivity index (χ1) is 7.81. The van der Waals surface area contributed by atoms with E-state index in [2.05, 4.69) is 9.97 Å². The van der Waals surface area contributed by atoms with Crippen LogP contribution in [0.25, 0.3) is 11.0 Å². The molecule has 0 saturated heterocycles. The number of fused-ring (bicyclic) bond motifs is 1. The summed E-state index contributed by atoms with van der Waals surface area (Å²) < 4.78 is 5.21. The van der Waals surface area contributed by atoms with Gasteiger partial charge in [0.05, 0.1) is 17.3 Å². The van der Waals surface area contributed by atoms with Gasteiger partial charge in [0.15, 0.2) is 10.2 Å². The Morgan fingerprint density at radius 3 is 3.06 bits per heavy atom. The lowest BCUT2D eigenvalue weighted by Gasteiger charge is -1.89. The van der Waals surface area contributed by atoms with Crippen LogP contribution in [0.4, 0.5) is 0 Å². The Hall–Kier alpha value is -1.88. The third-order valence-electron chi connectivity index (χ3n) is 2.14. The summed E-state index contributed by atoms with van der Waals surface area (Å²) in [5, 5.41) is 10.8. The maximum Gasteiger partial charge on any atom is 0.174 e. The van der Waals surface area contributed by atoms with Gasteiger partial charge in [-0.2, -0.15) is 0 Å². The van der Waals surface area contributed by atoms with Gasteiger partial charge in [-0.05, 0) is 36.0 Å². The molecule has 0 spiro atoms. The molecule has 0 aliphatic heterocycles. The number of rotatable bonds is 2. The standard InChI is InChI=1S/C11H8N2O2S/c14-7-3-4-8-9(6-7)13-11(12-8)16-10-2-1-5-15-10/h1-6,14H,(H,12,13). The number of furan rings is 1. The van der Waals surface area contributed by atoms with E-state index in [0.717, 1.165) is 21.3 Å². The molecule has 2 N–H and O–H groups in total. The SMILES string of the molecule is Oc1ccc2nc(Sc3ccco3)[nH]c2c1. The average molecular weight is 232 g/mol. The summed E-state index contributed by atoms with van der Waals surface area (Å²) in [6.07, 6.45) is 1.62. The van der Waals surface area contributed by atoms with Crippen molar-refractivity contribution in [2.24, 2.45) is 0 Å². The number of imidazole rings is 1. The lowest BCUT2D eigenvalue weighted by Crippen LogP contribution is -1.71. The van der Waals surface area contributed by atoms with Crippen LogP contribution in [0, 0.1) is 0 Å². The molecule has 16 heavy (non-hydrogen) atoms. The van der Waals surface area contributed by atoms with Gasteiger partial charge in [-0.15, -0.1) is 0 Å². The van der Waals surface area contributed by atoms with E-state index >= 15 is 0 Å². The maximum atomic E-state index is 9.32. The zero-order chi connectivity index (χ0) is 11.0. The number of H-pyrrole nitrogens is 1. The van der Waals surface area contributed by atoms with Crippen molar-refractivity contribution >= 4 is 22.8 Å². The molecule has 0 fully saturated rings. The number of benzene rings is 1. The van der Waals surface area contributed by atoms with Crippen molar-refractivity contribution in [3.05, 3.63) is 36.6 Å². The summed E-state index contributed by atoms with van der Waals surface area (Å²) in [5.74, 6) is 0.227. The third-order valence-corrected chi connectivity index (χ3v) is 2.96. The molecule has 0 radical (unpaired) electrons. The first-order valence-electron chi connectivity index (χ1n) is 4.71. The lowest BCUT2D eigenvalue weighted by atomic mass is 10.3. The highest BCUT2D eigenvalue weighted by Gasteiger charge is 2.06. The van der Waals surface area contributed by atoms with Crippen molar-refractivity contribution in [1.29, 1.82) is 0 Å². The van der Waals surface area contributed by atoms with Crippen LogP contribution in [0.2, 0.25) is 0 Å². The van der Waals surface area contributed by atoms with Gasteiger partial charge >= 0.3 is 0 Å². The van der Waals surface area contributed by atoms with Crippen molar-refractivity contribution in [3.8, 4) is 5.75 Å². The normalized spacial score (nSPS) is 11.0. The van der Waals surface area contributed by atoms with Crippen molar-refractivity contribution in [1.82, 2.24) is 9.97 Å². The van der Waals surface area contributed by atoms with E-state index in [9.17, 15) is 5.11 Å². The van der Waals surface area contributed by atoms with Gasteiger partial charge in [-0.1, -0.05) is 0 Å². The fourth-order valence-electron chi connectivity index (χ4n) is 1.44. The molecule has 0 atom stereocenters. The predicted octanol–water partition coefficient (Wildman–Crippen LogP) is 3.01. The van der Waals surface area contributed by atoms with Gasteiger partial charge in [0, 0.05) is 6.07 Å². The van der Waals surface area contributed by atoms with Crippen molar-refractivity contribution in [2.45, 2.75) is 10.2 Å². The van der Waals surface area contributed by atoms with Crippen LogP contribution in [0.3, 0.4) is 0 Å². The monoisotopic (exact) mass is 232 g/mol. The van der Waals surface area contributed by atoms with E-state index in [1.54, 1.807) is 24.5 Å². The van der Waals surface area contributed by atoms with E-state index in [-0.39, 0.29) is 5.75 Å². The average Bonchev–Trinajstić information content (AvgIpc) is 2.86. The molecule has 1 aromatic carbocycles. The quantitative estimate of drug-likeness (QED) is 0.713. The van der Waals surface area contributed by atoms with Crippen molar-refractivity contribution in [2.75, 3.05) is 0 Å². The Morgan fingerprint density at radius 1 is 1.31 bits per heavy atom. The van der Waals surface area contributed by atoms with Crippen LogP contribution in [-0.2, 0) is 0 Å². The fraction of sp³-hybridized carbons (Fsp3) is 0. The fourth-order valence-corrected chi connectivity index (χ4v) is 2.19. The highest BCUT2D eigenvalue weighted by molar-refractivity contribution is 7.99. The molecule has 0 unspecified atom stereocenters. The molecule has 0 bridgehead atoms. The Morgan fingerprint density at radius 2 is 2.25 bits per heavy atom. The molecular weight excluding hydrogens is 224 g/mol. The second-order valence-electron chi connectivity index (χ2n) is 3.28. The first-order valence-corrected chi connectivity index (χ1v) is 5.53. The minimum absolute atomic E-state index is 0.227. The molecule has 0 aliphatic carbocycles. The Bertz CT molecular complexity index is 616. The smallest absolute Gasteiger partial charge is 0.174 e. The molecular formula is C11H8N2O2S. The number of hydrogen-bond donors (Lipinski definition) is 2. The zero-order valence-corrected chi connectivity index (χ0v) is 8.99. The van der Waals surface area contributed by atoms with E-state index in [0.29, 0.717) is 0 Å². The summed E-state index contributed by atoms with van der Waals surface area (Å²) in [5.41, 5.74) is 1.64. The minimum atomic E-state index is 0.227. The highest BCUT2D eigenvalue weighted by Crippen LogP contribution is 2.28. The number of hydrogen-bond acceptors (Lipinski definition) is 4. The number of nitrogens with one attached hydrogen (secondary N) is 1. The molecule has 80 valence electrons. The molecule has 0 saturated carbocycles. The van der Waals surface area contributed by atoms with Crippen LogP contribution < -0.4 is 0 Å². The second-order valence-corrected chi connectivity index (χ2v) is 4.27. The van der Waals surface area contributed by atoms with Crippen LogP contribution in [-0.4, -0.2) is 15.1 Å². The van der Waals surface area contributed by atoms with E-state index in [1.807, 2.05) is 12.1 Å². The van der Waals surface area contributed by atoms with E-state index in [4.69, 9.17) is 4.42 Å². The third kappa shape index (κ3) is 1.65. The Labute approximate surface area is 95.3 Å². The summed E-state index contributed by atoms with van der Waals surface area (Å²) >= 11 is 1.41. The summed E-state index contributed by atoms with van der Waals surface area (Å²) in [7, 11) is 0. The van der Waals surface area contributed by atoms with Crippen molar-refractivity contribution in [3.63, 3.8) is 0 Å². The minimum Gasteiger partial charge on any atom is -0.508 e. The molecule has 3 rings (SSSR count). The van der Waals surface area contributed by atoms with Gasteiger partial charge in [-0.25, -0.2) is 4.98 Å². The molecule has 0 amide bonds. The van der Waals surface area contributed by atoms with Crippen LogP contribution >= 0.6 is 11.8 Å². The van der Waals surface area contributed by atoms with Gasteiger partial charge in [0.25, 0.3) is 0 Å². The van der Waals surface area contributed by atoms with Gasteiger partial charge in [0.2, 0.25) is 0 Å². The van der Waals surface area contributed by atoms with Crippen molar-refractivity contribution < 1.29 is 9.52 Å². The first kappa shape index (κ1) is 9.35. The topological polar surface area (TPSA) is 62.1 Å². The maximum absolute atomic E-state index is 9.32. The molecule has 4 nitrogen and oxygen atoms in total. The predicted molar refractivity (Wildman–Crippen MR) is 60.6 cm³/mol. The number of aromatic amines is 1. The molecule has 2 aromatic heterocycles. The molecule has 2 heterocycles. The Balaban J connectivity index is 1.99. The Kier molecular flexibility index (Phi) is 2.11. The summed E-state index contributed by atoms with van der Waals surface area (Å²) in [4.78, 5) is 7.47. The summed E-state index contributed by atoms with van der Waals surface area (Å²) in [6, 6.07) is 8.73. The number of phenols is 1. The second kappa shape index (κ2) is 3.61.